The third kappa shape index (κ3) is 5.43. The molecule has 1 aliphatic rings. The quantitative estimate of drug-likeness (QED) is 0.202. The summed E-state index contributed by atoms with van der Waals surface area (Å²) in [6, 6.07) is 7.10. The van der Waals surface area contributed by atoms with E-state index in [1.54, 1.807) is 17.5 Å². The molecule has 3 aromatic heterocycles. The lowest BCUT2D eigenvalue weighted by atomic mass is 10.1. The van der Waals surface area contributed by atoms with Crippen molar-refractivity contribution in [1.29, 1.82) is 0 Å². The summed E-state index contributed by atoms with van der Waals surface area (Å²) in [6.07, 6.45) is 6.80. The summed E-state index contributed by atoms with van der Waals surface area (Å²) in [5, 5.41) is 11.0. The van der Waals surface area contributed by atoms with Gasteiger partial charge in [-0.25, -0.2) is 4.98 Å². The van der Waals surface area contributed by atoms with Gasteiger partial charge in [0.2, 0.25) is 5.13 Å². The van der Waals surface area contributed by atoms with Gasteiger partial charge in [0, 0.05) is 31.3 Å². The second-order valence-electron chi connectivity index (χ2n) is 9.04. The van der Waals surface area contributed by atoms with Crippen LogP contribution >= 0.6 is 27.3 Å². The predicted octanol–water partition coefficient (Wildman–Crippen LogP) is 6.35. The highest BCUT2D eigenvalue weighted by molar-refractivity contribution is 9.10. The Labute approximate surface area is 191 Å². The maximum absolute atomic E-state index is 6.09. The molecule has 1 aliphatic carbocycles. The maximum atomic E-state index is 6.09. The van der Waals surface area contributed by atoms with Crippen molar-refractivity contribution in [1.82, 2.24) is 20.2 Å². The smallest absolute Gasteiger partial charge is 0.215 e. The van der Waals surface area contributed by atoms with Crippen LogP contribution in [0.15, 0.2) is 28.9 Å². The zero-order chi connectivity index (χ0) is 21.1. The molecule has 0 amide bonds. The summed E-state index contributed by atoms with van der Waals surface area (Å²) in [6.45, 7) is 8.26. The van der Waals surface area contributed by atoms with E-state index in [1.807, 2.05) is 23.1 Å². The van der Waals surface area contributed by atoms with Gasteiger partial charge in [0.1, 0.15) is 17.6 Å². The minimum atomic E-state index is -1.14. The molecule has 6 nitrogen and oxygen atoms in total. The van der Waals surface area contributed by atoms with Gasteiger partial charge in [-0.2, -0.15) is 0 Å². The van der Waals surface area contributed by atoms with Crippen LogP contribution in [0.25, 0.3) is 11.0 Å². The molecule has 0 unspecified atom stereocenters. The van der Waals surface area contributed by atoms with Crippen molar-refractivity contribution in [3.05, 3.63) is 33.9 Å². The van der Waals surface area contributed by atoms with Crippen molar-refractivity contribution in [2.75, 3.05) is 18.2 Å². The Morgan fingerprint density at radius 1 is 1.17 bits per heavy atom. The van der Waals surface area contributed by atoms with Gasteiger partial charge in [-0.3, -0.25) is 9.88 Å². The second-order valence-corrected chi connectivity index (χ2v) is 16.6. The van der Waals surface area contributed by atoms with Crippen molar-refractivity contribution >= 4 is 57.3 Å². The molecule has 9 heteroatoms. The van der Waals surface area contributed by atoms with Crippen molar-refractivity contribution in [3.8, 4) is 0 Å². The van der Waals surface area contributed by atoms with Gasteiger partial charge >= 0.3 is 0 Å². The SMILES string of the molecule is C[Si](C)(C)CCOCN(c1ccc2ncc(Br)cc2n1)c1nnc(C2CCCC2)s1. The Kier molecular flexibility index (Phi) is 6.81. The average molecular weight is 507 g/mol. The number of fused-ring (bicyclic) bond motifs is 1. The summed E-state index contributed by atoms with van der Waals surface area (Å²) >= 11 is 5.17. The number of ether oxygens (including phenoxy) is 1. The van der Waals surface area contributed by atoms with Crippen LogP contribution in [0.1, 0.15) is 36.6 Å². The molecule has 0 atom stereocenters. The van der Waals surface area contributed by atoms with E-state index in [4.69, 9.17) is 9.72 Å². The fourth-order valence-electron chi connectivity index (χ4n) is 3.55. The Morgan fingerprint density at radius 3 is 2.73 bits per heavy atom. The highest BCUT2D eigenvalue weighted by Crippen LogP contribution is 2.38. The average Bonchev–Trinajstić information content (AvgIpc) is 3.38. The zero-order valence-electron chi connectivity index (χ0n) is 17.8. The van der Waals surface area contributed by atoms with E-state index in [0.717, 1.165) is 44.1 Å². The largest absolute Gasteiger partial charge is 0.361 e. The highest BCUT2D eigenvalue weighted by Gasteiger charge is 2.24. The lowest BCUT2D eigenvalue weighted by Gasteiger charge is -2.22. The molecular weight excluding hydrogens is 478 g/mol. The first kappa shape index (κ1) is 21.8. The highest BCUT2D eigenvalue weighted by atomic mass is 79.9. The number of pyridine rings is 2. The van der Waals surface area contributed by atoms with Crippen LogP contribution in [0.4, 0.5) is 10.9 Å². The Morgan fingerprint density at radius 2 is 1.97 bits per heavy atom. The van der Waals surface area contributed by atoms with Gasteiger partial charge < -0.3 is 4.74 Å². The number of rotatable bonds is 8. The van der Waals surface area contributed by atoms with E-state index >= 15 is 0 Å². The minimum Gasteiger partial charge on any atom is -0.361 e. The summed E-state index contributed by atoms with van der Waals surface area (Å²) < 4.78 is 7.00. The predicted molar refractivity (Wildman–Crippen MR) is 129 cm³/mol. The Balaban J connectivity index is 1.59. The van der Waals surface area contributed by atoms with E-state index in [0.29, 0.717) is 12.6 Å². The lowest BCUT2D eigenvalue weighted by molar-refractivity contribution is 0.153. The molecule has 0 N–H and O–H groups in total. The molecule has 1 fully saturated rings. The van der Waals surface area contributed by atoms with Crippen LogP contribution in [0.5, 0.6) is 0 Å². The van der Waals surface area contributed by atoms with Crippen molar-refractivity contribution in [2.24, 2.45) is 0 Å². The first-order valence-electron chi connectivity index (χ1n) is 10.5. The first-order chi connectivity index (χ1) is 14.4. The fraction of sp³-hybridized carbons (Fsp3) is 0.524. The van der Waals surface area contributed by atoms with Crippen LogP contribution in [-0.2, 0) is 4.74 Å². The molecule has 160 valence electrons. The third-order valence-corrected chi connectivity index (χ3v) is 8.59. The molecule has 0 aliphatic heterocycles. The minimum absolute atomic E-state index is 0.420. The van der Waals surface area contributed by atoms with Crippen molar-refractivity contribution < 1.29 is 4.74 Å². The van der Waals surface area contributed by atoms with Crippen molar-refractivity contribution in [3.63, 3.8) is 0 Å². The van der Waals surface area contributed by atoms with E-state index in [1.165, 1.54) is 25.7 Å². The van der Waals surface area contributed by atoms with Crippen LogP contribution in [-0.4, -0.2) is 41.6 Å². The summed E-state index contributed by atoms with van der Waals surface area (Å²) in [5.41, 5.74) is 1.71. The number of anilines is 2. The summed E-state index contributed by atoms with van der Waals surface area (Å²) in [4.78, 5) is 11.3. The number of aromatic nitrogens is 4. The molecular formula is C21H28BrN5OSSi. The molecule has 30 heavy (non-hydrogen) atoms. The molecule has 3 aromatic rings. The molecule has 0 saturated heterocycles. The number of hydrogen-bond donors (Lipinski definition) is 0. The molecule has 0 spiro atoms. The fourth-order valence-corrected chi connectivity index (χ4v) is 5.63. The molecule has 3 heterocycles. The van der Waals surface area contributed by atoms with E-state index in [2.05, 4.69) is 50.8 Å². The van der Waals surface area contributed by atoms with Gasteiger partial charge in [0.05, 0.1) is 11.0 Å². The van der Waals surface area contributed by atoms with Crippen LogP contribution in [0, 0.1) is 0 Å². The van der Waals surface area contributed by atoms with Gasteiger partial charge in [0.25, 0.3) is 0 Å². The topological polar surface area (TPSA) is 64.0 Å². The third-order valence-electron chi connectivity index (χ3n) is 5.35. The number of hydrogen-bond acceptors (Lipinski definition) is 7. The molecule has 0 bridgehead atoms. The van der Waals surface area contributed by atoms with Crippen LogP contribution < -0.4 is 4.90 Å². The van der Waals surface area contributed by atoms with Gasteiger partial charge in [0.15, 0.2) is 0 Å². The monoisotopic (exact) mass is 505 g/mol. The van der Waals surface area contributed by atoms with Gasteiger partial charge in [-0.15, -0.1) is 10.2 Å². The standard InChI is InChI=1S/C21H28BrN5OSSi/c1-30(2,3)11-10-28-14-27(21-26-25-20(29-21)15-6-4-5-7-15)19-9-8-17-18(24-19)12-16(22)13-23-17/h8-9,12-13,15H,4-7,10-11,14H2,1-3H3. The zero-order valence-corrected chi connectivity index (χ0v) is 21.2. The van der Waals surface area contributed by atoms with E-state index in [9.17, 15) is 0 Å². The Hall–Kier alpha value is -1.42. The summed E-state index contributed by atoms with van der Waals surface area (Å²) in [5.74, 6) is 1.36. The van der Waals surface area contributed by atoms with Crippen molar-refractivity contribution in [2.45, 2.75) is 57.3 Å². The lowest BCUT2D eigenvalue weighted by Crippen LogP contribution is -2.26. The summed E-state index contributed by atoms with van der Waals surface area (Å²) in [7, 11) is -1.14. The van der Waals surface area contributed by atoms with E-state index < -0.39 is 8.07 Å². The maximum Gasteiger partial charge on any atom is 0.215 e. The molecule has 0 aromatic carbocycles. The normalized spacial score (nSPS) is 15.2. The Bertz CT molecular complexity index is 1000. The van der Waals surface area contributed by atoms with E-state index in [-0.39, 0.29) is 0 Å². The molecule has 0 radical (unpaired) electrons. The van der Waals surface area contributed by atoms with Gasteiger partial charge in [-0.05, 0) is 53.0 Å². The first-order valence-corrected chi connectivity index (χ1v) is 15.8. The number of nitrogens with zero attached hydrogens (tertiary/aromatic N) is 5. The van der Waals surface area contributed by atoms with Gasteiger partial charge in [-0.1, -0.05) is 43.8 Å². The molecule has 1 saturated carbocycles. The number of halogens is 1. The molecule has 4 rings (SSSR count). The van der Waals surface area contributed by atoms with Crippen LogP contribution in [0.3, 0.4) is 0 Å². The second kappa shape index (κ2) is 9.38. The van der Waals surface area contributed by atoms with Crippen LogP contribution in [0.2, 0.25) is 25.7 Å².